The molecular weight excluding hydrogens is 455 g/mol. The van der Waals surface area contributed by atoms with Gasteiger partial charge in [-0.3, -0.25) is 0 Å². The highest BCUT2D eigenvalue weighted by Gasteiger charge is 2.37. The van der Waals surface area contributed by atoms with Crippen LogP contribution in [0.15, 0.2) is 87.3 Å². The highest BCUT2D eigenvalue weighted by Crippen LogP contribution is 2.37. The second-order valence-electron chi connectivity index (χ2n) is 6.92. The van der Waals surface area contributed by atoms with Gasteiger partial charge in [-0.05, 0) is 54.4 Å². The lowest BCUT2D eigenvalue weighted by Gasteiger charge is -2.23. The average molecular weight is 473 g/mol. The van der Waals surface area contributed by atoms with Gasteiger partial charge in [0.15, 0.2) is 0 Å². The highest BCUT2D eigenvalue weighted by atomic mass is 79.9. The van der Waals surface area contributed by atoms with Crippen molar-refractivity contribution in [3.05, 3.63) is 99.8 Å². The van der Waals surface area contributed by atoms with Crippen LogP contribution < -0.4 is 0 Å². The number of nitrogens with zero attached hydrogens (tertiary/aromatic N) is 2. The molecule has 3 aromatic carbocycles. The first-order valence-corrected chi connectivity index (χ1v) is 11.3. The molecular formula is C22H18BrFN2O2S. The molecule has 0 N–H and O–H groups in total. The summed E-state index contributed by atoms with van der Waals surface area (Å²) in [5.74, 6) is -0.368. The van der Waals surface area contributed by atoms with E-state index in [0.29, 0.717) is 17.7 Å². The lowest BCUT2D eigenvalue weighted by Crippen LogP contribution is -2.27. The summed E-state index contributed by atoms with van der Waals surface area (Å²) in [6.45, 7) is 1.90. The fourth-order valence-electron chi connectivity index (χ4n) is 3.30. The average Bonchev–Trinajstić information content (AvgIpc) is 3.15. The summed E-state index contributed by atoms with van der Waals surface area (Å²) in [7, 11) is -3.87. The molecule has 1 atom stereocenters. The van der Waals surface area contributed by atoms with E-state index in [1.165, 1.54) is 12.1 Å². The van der Waals surface area contributed by atoms with Crippen molar-refractivity contribution >= 4 is 31.7 Å². The number of rotatable bonds is 4. The Bertz CT molecular complexity index is 1180. The first-order chi connectivity index (χ1) is 13.8. The van der Waals surface area contributed by atoms with E-state index >= 15 is 0 Å². The molecule has 1 heterocycles. The molecule has 4 nitrogen and oxygen atoms in total. The molecule has 4 rings (SSSR count). The minimum atomic E-state index is -3.87. The van der Waals surface area contributed by atoms with Crippen molar-refractivity contribution in [2.45, 2.75) is 24.3 Å². The van der Waals surface area contributed by atoms with Crippen molar-refractivity contribution in [1.29, 1.82) is 0 Å². The van der Waals surface area contributed by atoms with Gasteiger partial charge < -0.3 is 0 Å². The van der Waals surface area contributed by atoms with Gasteiger partial charge in [-0.2, -0.15) is 17.9 Å². The fraction of sp³-hybridized carbons (Fsp3) is 0.136. The standard InChI is InChI=1S/C22H18BrFN2O2S/c1-15-5-11-20(12-6-15)29(27,28)26-22(16-7-9-19(24)10-8-16)14-21(25-26)17-3-2-4-18(23)13-17/h2-13,22H,14H2,1H3/t22-/m1/s1. The van der Waals surface area contributed by atoms with Gasteiger partial charge in [-0.1, -0.05) is 57.9 Å². The Morgan fingerprint density at radius 3 is 2.38 bits per heavy atom. The Balaban J connectivity index is 1.80. The van der Waals surface area contributed by atoms with Gasteiger partial charge in [0.2, 0.25) is 0 Å². The highest BCUT2D eigenvalue weighted by molar-refractivity contribution is 9.10. The molecule has 0 fully saturated rings. The summed E-state index contributed by atoms with van der Waals surface area (Å²) < 4.78 is 42.2. The van der Waals surface area contributed by atoms with Gasteiger partial charge in [-0.25, -0.2) is 4.39 Å². The van der Waals surface area contributed by atoms with Crippen molar-refractivity contribution in [1.82, 2.24) is 4.41 Å². The van der Waals surface area contributed by atoms with Crippen LogP contribution in [-0.4, -0.2) is 18.5 Å². The van der Waals surface area contributed by atoms with Crippen LogP contribution in [0.5, 0.6) is 0 Å². The van der Waals surface area contributed by atoms with E-state index in [4.69, 9.17) is 0 Å². The normalized spacial score (nSPS) is 16.7. The summed E-state index contributed by atoms with van der Waals surface area (Å²) in [6.07, 6.45) is 0.396. The van der Waals surface area contributed by atoms with Crippen LogP contribution in [0, 0.1) is 12.7 Å². The molecule has 0 spiro atoms. The summed E-state index contributed by atoms with van der Waals surface area (Å²) >= 11 is 3.45. The maximum Gasteiger partial charge on any atom is 0.279 e. The van der Waals surface area contributed by atoms with Gasteiger partial charge in [0.05, 0.1) is 16.6 Å². The summed E-state index contributed by atoms with van der Waals surface area (Å²) in [5, 5.41) is 4.50. The van der Waals surface area contributed by atoms with Gasteiger partial charge in [0, 0.05) is 10.9 Å². The summed E-state index contributed by atoms with van der Waals surface area (Å²) in [5.41, 5.74) is 3.17. The summed E-state index contributed by atoms with van der Waals surface area (Å²) in [6, 6.07) is 19.6. The molecule has 0 aliphatic carbocycles. The topological polar surface area (TPSA) is 49.7 Å². The van der Waals surface area contributed by atoms with Gasteiger partial charge in [-0.15, -0.1) is 0 Å². The van der Waals surface area contributed by atoms with E-state index in [1.54, 1.807) is 36.4 Å². The Hall–Kier alpha value is -2.51. The van der Waals surface area contributed by atoms with Crippen molar-refractivity contribution < 1.29 is 12.8 Å². The third-order valence-corrected chi connectivity index (χ3v) is 7.04. The van der Waals surface area contributed by atoms with Crippen LogP contribution in [0.3, 0.4) is 0 Å². The molecule has 1 aliphatic heterocycles. The number of hydrogen-bond acceptors (Lipinski definition) is 3. The molecule has 0 saturated carbocycles. The minimum absolute atomic E-state index is 0.175. The molecule has 3 aromatic rings. The van der Waals surface area contributed by atoms with Gasteiger partial charge >= 0.3 is 0 Å². The second kappa shape index (κ2) is 7.72. The predicted octanol–water partition coefficient (Wildman–Crippen LogP) is 5.44. The van der Waals surface area contributed by atoms with E-state index in [-0.39, 0.29) is 10.7 Å². The molecule has 29 heavy (non-hydrogen) atoms. The van der Waals surface area contributed by atoms with Crippen molar-refractivity contribution in [2.24, 2.45) is 5.10 Å². The minimum Gasteiger partial charge on any atom is -0.207 e. The van der Waals surface area contributed by atoms with Crippen LogP contribution in [-0.2, 0) is 10.0 Å². The molecule has 148 valence electrons. The Morgan fingerprint density at radius 1 is 1.03 bits per heavy atom. The maximum absolute atomic E-state index is 13.4. The van der Waals surface area contributed by atoms with E-state index in [0.717, 1.165) is 20.0 Å². The van der Waals surface area contributed by atoms with Crippen LogP contribution in [0.1, 0.15) is 29.2 Å². The molecule has 1 aliphatic rings. The quantitative estimate of drug-likeness (QED) is 0.507. The summed E-state index contributed by atoms with van der Waals surface area (Å²) in [4.78, 5) is 0.175. The Kier molecular flexibility index (Phi) is 5.27. The SMILES string of the molecule is Cc1ccc(S(=O)(=O)N2N=C(c3cccc(Br)c3)C[C@@H]2c2ccc(F)cc2)cc1. The molecule has 0 amide bonds. The van der Waals surface area contributed by atoms with E-state index in [1.807, 2.05) is 31.2 Å². The van der Waals surface area contributed by atoms with Crippen molar-refractivity contribution in [3.8, 4) is 0 Å². The number of aryl methyl sites for hydroxylation is 1. The number of hydrazone groups is 1. The monoisotopic (exact) mass is 472 g/mol. The number of benzene rings is 3. The van der Waals surface area contributed by atoms with Crippen LogP contribution in [0.4, 0.5) is 4.39 Å². The van der Waals surface area contributed by atoms with Gasteiger partial charge in [0.1, 0.15) is 5.82 Å². The van der Waals surface area contributed by atoms with Crippen LogP contribution in [0.2, 0.25) is 0 Å². The lowest BCUT2D eigenvalue weighted by molar-refractivity contribution is 0.371. The second-order valence-corrected chi connectivity index (χ2v) is 9.63. The Morgan fingerprint density at radius 2 is 1.72 bits per heavy atom. The zero-order chi connectivity index (χ0) is 20.6. The maximum atomic E-state index is 13.4. The molecule has 0 unspecified atom stereocenters. The molecule has 7 heteroatoms. The van der Waals surface area contributed by atoms with Crippen molar-refractivity contribution in [2.75, 3.05) is 0 Å². The zero-order valence-electron chi connectivity index (χ0n) is 15.6. The van der Waals surface area contributed by atoms with E-state index in [2.05, 4.69) is 21.0 Å². The number of halogens is 2. The third-order valence-electron chi connectivity index (χ3n) is 4.85. The first-order valence-electron chi connectivity index (χ1n) is 9.04. The van der Waals surface area contributed by atoms with Crippen LogP contribution >= 0.6 is 15.9 Å². The lowest BCUT2D eigenvalue weighted by atomic mass is 9.99. The van der Waals surface area contributed by atoms with Crippen molar-refractivity contribution in [3.63, 3.8) is 0 Å². The molecule has 0 bridgehead atoms. The largest absolute Gasteiger partial charge is 0.279 e. The van der Waals surface area contributed by atoms with E-state index in [9.17, 15) is 12.8 Å². The number of sulfonamides is 1. The zero-order valence-corrected chi connectivity index (χ0v) is 18.0. The number of hydrogen-bond donors (Lipinski definition) is 0. The van der Waals surface area contributed by atoms with Gasteiger partial charge in [0.25, 0.3) is 10.0 Å². The van der Waals surface area contributed by atoms with E-state index < -0.39 is 16.1 Å². The smallest absolute Gasteiger partial charge is 0.207 e. The fourth-order valence-corrected chi connectivity index (χ4v) is 5.14. The first kappa shape index (κ1) is 19.8. The Labute approximate surface area is 177 Å². The van der Waals surface area contributed by atoms with Crippen LogP contribution in [0.25, 0.3) is 0 Å². The molecule has 0 saturated heterocycles. The predicted molar refractivity (Wildman–Crippen MR) is 115 cm³/mol. The third kappa shape index (κ3) is 3.97. The molecule has 0 aromatic heterocycles. The molecule has 0 radical (unpaired) electrons.